The number of halogens is 1. The van der Waals surface area contributed by atoms with Crippen molar-refractivity contribution < 1.29 is 4.74 Å². The van der Waals surface area contributed by atoms with Crippen LogP contribution in [0.5, 0.6) is 5.75 Å². The van der Waals surface area contributed by atoms with Crippen LogP contribution in [0.3, 0.4) is 0 Å². The molecule has 2 rings (SSSR count). The summed E-state index contributed by atoms with van der Waals surface area (Å²) < 4.78 is 5.48. The molecular formula is C16H27ClN2O. The lowest BCUT2D eigenvalue weighted by molar-refractivity contribution is 0.167. The third-order valence-corrected chi connectivity index (χ3v) is 3.74. The van der Waals surface area contributed by atoms with Crippen LogP contribution in [0.2, 0.25) is 0 Å². The summed E-state index contributed by atoms with van der Waals surface area (Å²) >= 11 is 0. The van der Waals surface area contributed by atoms with Crippen LogP contribution in [0, 0.1) is 5.92 Å². The highest BCUT2D eigenvalue weighted by molar-refractivity contribution is 5.85. The maximum Gasteiger partial charge on any atom is 0.119 e. The van der Waals surface area contributed by atoms with Crippen LogP contribution in [-0.4, -0.2) is 38.2 Å². The van der Waals surface area contributed by atoms with Gasteiger partial charge in [0, 0.05) is 13.1 Å². The maximum atomic E-state index is 5.48. The number of piperidine rings is 1. The van der Waals surface area contributed by atoms with Gasteiger partial charge < -0.3 is 10.1 Å². The molecule has 20 heavy (non-hydrogen) atoms. The molecule has 0 spiro atoms. The van der Waals surface area contributed by atoms with Crippen molar-refractivity contribution in [2.24, 2.45) is 5.92 Å². The van der Waals surface area contributed by atoms with Gasteiger partial charge in [-0.3, -0.25) is 4.90 Å². The standard InChI is InChI=1S/C16H26N2O.ClH/c1-3-19-16-8-6-14(7-9-16)12-18-10-4-5-15(13-18)11-17-2;/h6-9,15,17H,3-5,10-13H2,1-2H3;1H. The molecule has 1 aromatic rings. The van der Waals surface area contributed by atoms with Gasteiger partial charge in [0.15, 0.2) is 0 Å². The Kier molecular flexibility index (Phi) is 7.97. The molecule has 1 heterocycles. The first-order chi connectivity index (χ1) is 9.31. The van der Waals surface area contributed by atoms with Crippen molar-refractivity contribution in [1.82, 2.24) is 10.2 Å². The van der Waals surface area contributed by atoms with E-state index in [9.17, 15) is 0 Å². The predicted octanol–water partition coefficient (Wildman–Crippen LogP) is 2.94. The zero-order valence-corrected chi connectivity index (χ0v) is 13.4. The van der Waals surface area contributed by atoms with Crippen LogP contribution in [0.15, 0.2) is 24.3 Å². The second-order valence-electron chi connectivity index (χ2n) is 5.38. The van der Waals surface area contributed by atoms with E-state index in [-0.39, 0.29) is 12.4 Å². The van der Waals surface area contributed by atoms with E-state index >= 15 is 0 Å². The fourth-order valence-electron chi connectivity index (χ4n) is 2.87. The largest absolute Gasteiger partial charge is 0.494 e. The number of nitrogens with one attached hydrogen (secondary N) is 1. The maximum absolute atomic E-state index is 5.48. The number of rotatable bonds is 6. The highest BCUT2D eigenvalue weighted by Crippen LogP contribution is 2.19. The topological polar surface area (TPSA) is 24.5 Å². The van der Waals surface area contributed by atoms with Crippen LogP contribution < -0.4 is 10.1 Å². The number of likely N-dealkylation sites (tertiary alicyclic amines) is 1. The molecule has 1 unspecified atom stereocenters. The Labute approximate surface area is 129 Å². The average Bonchev–Trinajstić information content (AvgIpc) is 2.42. The lowest BCUT2D eigenvalue weighted by Gasteiger charge is -2.32. The van der Waals surface area contributed by atoms with Crippen molar-refractivity contribution in [2.75, 3.05) is 33.3 Å². The summed E-state index contributed by atoms with van der Waals surface area (Å²) in [7, 11) is 2.05. The lowest BCUT2D eigenvalue weighted by Crippen LogP contribution is -2.38. The second kappa shape index (κ2) is 9.22. The van der Waals surface area contributed by atoms with Crippen molar-refractivity contribution in [3.63, 3.8) is 0 Å². The molecule has 0 saturated carbocycles. The minimum atomic E-state index is 0. The van der Waals surface area contributed by atoms with Crippen LogP contribution in [0.1, 0.15) is 25.3 Å². The molecule has 4 heteroatoms. The van der Waals surface area contributed by atoms with Gasteiger partial charge in [0.05, 0.1) is 6.61 Å². The number of hydrogen-bond donors (Lipinski definition) is 1. The number of ether oxygens (including phenoxy) is 1. The van der Waals surface area contributed by atoms with E-state index in [1.54, 1.807) is 0 Å². The van der Waals surface area contributed by atoms with Gasteiger partial charge in [-0.15, -0.1) is 12.4 Å². The van der Waals surface area contributed by atoms with Crippen LogP contribution in [0.4, 0.5) is 0 Å². The summed E-state index contributed by atoms with van der Waals surface area (Å²) in [5, 5.41) is 3.30. The molecule has 114 valence electrons. The van der Waals surface area contributed by atoms with E-state index in [2.05, 4.69) is 34.5 Å². The van der Waals surface area contributed by atoms with E-state index in [4.69, 9.17) is 4.74 Å². The lowest BCUT2D eigenvalue weighted by atomic mass is 9.97. The van der Waals surface area contributed by atoms with Crippen LogP contribution in [-0.2, 0) is 6.54 Å². The molecule has 1 aliphatic heterocycles. The predicted molar refractivity (Wildman–Crippen MR) is 86.8 cm³/mol. The summed E-state index contributed by atoms with van der Waals surface area (Å²) in [6.45, 7) is 7.40. The van der Waals surface area contributed by atoms with Crippen molar-refractivity contribution in [2.45, 2.75) is 26.3 Å². The van der Waals surface area contributed by atoms with Gasteiger partial charge in [-0.25, -0.2) is 0 Å². The molecule has 1 aliphatic rings. The summed E-state index contributed by atoms with van der Waals surface area (Å²) in [5.41, 5.74) is 1.38. The SMILES string of the molecule is CCOc1ccc(CN2CCCC(CNC)C2)cc1.Cl. The molecule has 0 aromatic heterocycles. The third-order valence-electron chi connectivity index (χ3n) is 3.74. The van der Waals surface area contributed by atoms with E-state index in [0.717, 1.165) is 31.4 Å². The minimum Gasteiger partial charge on any atom is -0.494 e. The number of nitrogens with zero attached hydrogens (tertiary/aromatic N) is 1. The summed E-state index contributed by atoms with van der Waals surface area (Å²) in [4.78, 5) is 2.57. The zero-order chi connectivity index (χ0) is 13.5. The van der Waals surface area contributed by atoms with E-state index < -0.39 is 0 Å². The zero-order valence-electron chi connectivity index (χ0n) is 12.6. The molecule has 1 fully saturated rings. The van der Waals surface area contributed by atoms with Gasteiger partial charge in [-0.05, 0) is 63.5 Å². The normalized spacial score (nSPS) is 19.4. The monoisotopic (exact) mass is 298 g/mol. The molecule has 3 nitrogen and oxygen atoms in total. The van der Waals surface area contributed by atoms with E-state index in [1.807, 2.05) is 14.0 Å². The number of benzene rings is 1. The number of hydrogen-bond acceptors (Lipinski definition) is 3. The molecule has 0 radical (unpaired) electrons. The van der Waals surface area contributed by atoms with Crippen molar-refractivity contribution in [3.8, 4) is 5.75 Å². The third kappa shape index (κ3) is 5.31. The molecule has 0 bridgehead atoms. The van der Waals surface area contributed by atoms with Gasteiger partial charge in [-0.2, -0.15) is 0 Å². The summed E-state index contributed by atoms with van der Waals surface area (Å²) in [5.74, 6) is 1.78. The molecule has 0 aliphatic carbocycles. The first kappa shape index (κ1) is 17.3. The van der Waals surface area contributed by atoms with E-state index in [1.165, 1.54) is 31.5 Å². The second-order valence-corrected chi connectivity index (χ2v) is 5.38. The summed E-state index contributed by atoms with van der Waals surface area (Å²) in [6, 6.07) is 8.53. The minimum absolute atomic E-state index is 0. The Balaban J connectivity index is 0.00000200. The van der Waals surface area contributed by atoms with Crippen molar-refractivity contribution >= 4 is 12.4 Å². The fraction of sp³-hybridized carbons (Fsp3) is 0.625. The van der Waals surface area contributed by atoms with Crippen molar-refractivity contribution in [3.05, 3.63) is 29.8 Å². The highest BCUT2D eigenvalue weighted by atomic mass is 35.5. The smallest absolute Gasteiger partial charge is 0.119 e. The van der Waals surface area contributed by atoms with Gasteiger partial charge in [0.25, 0.3) is 0 Å². The van der Waals surface area contributed by atoms with Gasteiger partial charge >= 0.3 is 0 Å². The molecule has 1 atom stereocenters. The van der Waals surface area contributed by atoms with Crippen LogP contribution >= 0.6 is 12.4 Å². The quantitative estimate of drug-likeness (QED) is 0.874. The highest BCUT2D eigenvalue weighted by Gasteiger charge is 2.19. The molecule has 1 saturated heterocycles. The fourth-order valence-corrected chi connectivity index (χ4v) is 2.87. The summed E-state index contributed by atoms with van der Waals surface area (Å²) in [6.07, 6.45) is 2.68. The Hall–Kier alpha value is -0.770. The van der Waals surface area contributed by atoms with E-state index in [0.29, 0.717) is 0 Å². The first-order valence-corrected chi connectivity index (χ1v) is 7.40. The molecule has 1 aromatic carbocycles. The van der Waals surface area contributed by atoms with Crippen molar-refractivity contribution in [1.29, 1.82) is 0 Å². The molecular weight excluding hydrogens is 272 g/mol. The van der Waals surface area contributed by atoms with Crippen LogP contribution in [0.25, 0.3) is 0 Å². The average molecular weight is 299 g/mol. The Morgan fingerprint density at radius 3 is 2.70 bits per heavy atom. The molecule has 1 N–H and O–H groups in total. The van der Waals surface area contributed by atoms with Gasteiger partial charge in [0.1, 0.15) is 5.75 Å². The Bertz CT molecular complexity index is 367. The molecule has 0 amide bonds. The van der Waals surface area contributed by atoms with Gasteiger partial charge in [-0.1, -0.05) is 12.1 Å². The Morgan fingerprint density at radius 2 is 2.05 bits per heavy atom. The Morgan fingerprint density at radius 1 is 1.30 bits per heavy atom. The first-order valence-electron chi connectivity index (χ1n) is 7.40. The van der Waals surface area contributed by atoms with Gasteiger partial charge in [0.2, 0.25) is 0 Å².